The highest BCUT2D eigenvalue weighted by atomic mass is 32.1. The van der Waals surface area contributed by atoms with Gasteiger partial charge in [0.1, 0.15) is 5.05 Å². The standard InChI is InChI=1S/C10H22O5SSi4/c1-8-20(9-2)14-18(4,5)12-17(11-10(3)16)13-19(6,7)15-20/h8-9,17H,1-2H2,3-7H3. The number of thiocarbonyl (C=S) groups is 1. The van der Waals surface area contributed by atoms with Crippen LogP contribution in [-0.4, -0.2) is 40.3 Å². The molecule has 1 fully saturated rings. The van der Waals surface area contributed by atoms with Crippen molar-refractivity contribution in [1.82, 2.24) is 0 Å². The fourth-order valence-corrected chi connectivity index (χ4v) is 16.4. The lowest BCUT2D eigenvalue weighted by Gasteiger charge is -2.43. The van der Waals surface area contributed by atoms with Gasteiger partial charge in [-0.15, -0.1) is 13.2 Å². The van der Waals surface area contributed by atoms with E-state index in [1.807, 2.05) is 26.2 Å². The van der Waals surface area contributed by atoms with Crippen LogP contribution in [0.1, 0.15) is 6.92 Å². The van der Waals surface area contributed by atoms with E-state index in [0.717, 1.165) is 0 Å². The van der Waals surface area contributed by atoms with E-state index in [4.69, 9.17) is 33.1 Å². The van der Waals surface area contributed by atoms with E-state index in [1.165, 1.54) is 0 Å². The van der Waals surface area contributed by atoms with Crippen LogP contribution in [0.3, 0.4) is 0 Å². The van der Waals surface area contributed by atoms with Gasteiger partial charge in [0.05, 0.1) is 0 Å². The topological polar surface area (TPSA) is 46.2 Å². The molecule has 114 valence electrons. The molecule has 10 heteroatoms. The molecule has 0 amide bonds. The molecular formula is C10H22O5SSi4. The average molecular weight is 367 g/mol. The van der Waals surface area contributed by atoms with E-state index in [0.29, 0.717) is 5.05 Å². The van der Waals surface area contributed by atoms with Gasteiger partial charge in [0.25, 0.3) is 0 Å². The molecule has 1 aliphatic heterocycles. The van der Waals surface area contributed by atoms with Gasteiger partial charge in [0, 0.05) is 6.92 Å². The summed E-state index contributed by atoms with van der Waals surface area (Å²) < 4.78 is 29.9. The summed E-state index contributed by atoms with van der Waals surface area (Å²) in [5.74, 6) is 0. The molecule has 0 aromatic carbocycles. The van der Waals surface area contributed by atoms with Crippen LogP contribution >= 0.6 is 12.2 Å². The molecule has 1 heterocycles. The van der Waals surface area contributed by atoms with Crippen LogP contribution < -0.4 is 0 Å². The second kappa shape index (κ2) is 6.46. The third-order valence-electron chi connectivity index (χ3n) is 2.40. The zero-order chi connectivity index (χ0) is 15.6. The van der Waals surface area contributed by atoms with E-state index >= 15 is 0 Å². The molecule has 0 N–H and O–H groups in total. The van der Waals surface area contributed by atoms with Gasteiger partial charge in [-0.25, -0.2) is 0 Å². The fourth-order valence-electron chi connectivity index (χ4n) is 1.76. The van der Waals surface area contributed by atoms with Gasteiger partial charge in [-0.05, 0) is 49.8 Å². The van der Waals surface area contributed by atoms with Crippen LogP contribution in [-0.2, 0) is 20.9 Å². The van der Waals surface area contributed by atoms with Crippen LogP contribution in [0.4, 0.5) is 0 Å². The first-order valence-electron chi connectivity index (χ1n) is 6.23. The van der Waals surface area contributed by atoms with Crippen molar-refractivity contribution in [1.29, 1.82) is 0 Å². The second-order valence-electron chi connectivity index (χ2n) is 5.27. The summed E-state index contributed by atoms with van der Waals surface area (Å²) in [6.45, 7) is 17.1. The first-order chi connectivity index (χ1) is 9.03. The Hall–Kier alpha value is 0.0775. The van der Waals surface area contributed by atoms with Crippen molar-refractivity contribution < 1.29 is 20.9 Å². The lowest BCUT2D eigenvalue weighted by Crippen LogP contribution is -2.62. The number of rotatable bonds is 3. The number of hydrogen-bond donors (Lipinski definition) is 0. The molecule has 0 atom stereocenters. The molecule has 1 rings (SSSR count). The van der Waals surface area contributed by atoms with E-state index in [9.17, 15) is 0 Å². The van der Waals surface area contributed by atoms with Crippen molar-refractivity contribution in [2.45, 2.75) is 33.1 Å². The molecule has 0 radical (unpaired) electrons. The smallest absolute Gasteiger partial charge is 0.498 e. The predicted molar refractivity (Wildman–Crippen MR) is 92.0 cm³/mol. The molecular weight excluding hydrogens is 345 g/mol. The van der Waals surface area contributed by atoms with Crippen molar-refractivity contribution in [3.8, 4) is 0 Å². The highest BCUT2D eigenvalue weighted by molar-refractivity contribution is 7.80. The molecule has 1 saturated heterocycles. The number of hydrogen-bond acceptors (Lipinski definition) is 6. The van der Waals surface area contributed by atoms with Gasteiger partial charge in [-0.3, -0.25) is 0 Å². The molecule has 0 aromatic rings. The van der Waals surface area contributed by atoms with Crippen molar-refractivity contribution >= 4 is 52.5 Å². The van der Waals surface area contributed by atoms with Crippen LogP contribution in [0.2, 0.25) is 26.2 Å². The summed E-state index contributed by atoms with van der Waals surface area (Å²) in [5, 5.41) is 0.410. The Morgan fingerprint density at radius 1 is 1.05 bits per heavy atom. The summed E-state index contributed by atoms with van der Waals surface area (Å²) >= 11 is 4.97. The Kier molecular flexibility index (Phi) is 5.85. The summed E-state index contributed by atoms with van der Waals surface area (Å²) in [6, 6.07) is 0. The van der Waals surface area contributed by atoms with Gasteiger partial charge in [0.2, 0.25) is 0 Å². The van der Waals surface area contributed by atoms with Gasteiger partial charge in [-0.1, -0.05) is 0 Å². The fraction of sp³-hybridized carbons (Fsp3) is 0.500. The molecule has 0 saturated carbocycles. The highest BCUT2D eigenvalue weighted by Gasteiger charge is 2.50. The van der Waals surface area contributed by atoms with Crippen LogP contribution in [0.15, 0.2) is 24.6 Å². The molecule has 0 bridgehead atoms. The van der Waals surface area contributed by atoms with Gasteiger partial charge >= 0.3 is 35.2 Å². The van der Waals surface area contributed by atoms with E-state index in [-0.39, 0.29) is 0 Å². The van der Waals surface area contributed by atoms with Crippen LogP contribution in [0, 0.1) is 0 Å². The quantitative estimate of drug-likeness (QED) is 0.565. The zero-order valence-corrected chi connectivity index (χ0v) is 17.6. The van der Waals surface area contributed by atoms with Crippen molar-refractivity contribution in [2.24, 2.45) is 0 Å². The molecule has 0 unspecified atom stereocenters. The van der Waals surface area contributed by atoms with Gasteiger partial charge < -0.3 is 20.9 Å². The summed E-state index contributed by atoms with van der Waals surface area (Å²) in [6.07, 6.45) is 0. The molecule has 5 nitrogen and oxygen atoms in total. The molecule has 0 spiro atoms. The lowest BCUT2D eigenvalue weighted by molar-refractivity contribution is 0.208. The SMILES string of the molecule is C=C[Si]1(C=C)O[Si](C)(C)O[SiH](OC(C)=S)O[Si](C)(C)O1. The first-order valence-corrected chi connectivity index (χ1v) is 15.7. The van der Waals surface area contributed by atoms with Gasteiger partial charge in [-0.2, -0.15) is 0 Å². The molecule has 1 aliphatic rings. The van der Waals surface area contributed by atoms with E-state index in [1.54, 1.807) is 18.3 Å². The zero-order valence-electron chi connectivity index (χ0n) is 12.6. The van der Waals surface area contributed by atoms with Crippen molar-refractivity contribution in [3.63, 3.8) is 0 Å². The highest BCUT2D eigenvalue weighted by Crippen LogP contribution is 2.28. The largest absolute Gasteiger partial charge is 0.531 e. The summed E-state index contributed by atoms with van der Waals surface area (Å²) in [5.41, 5.74) is 3.42. The van der Waals surface area contributed by atoms with Crippen LogP contribution in [0.5, 0.6) is 0 Å². The molecule has 0 aromatic heterocycles. The summed E-state index contributed by atoms with van der Waals surface area (Å²) in [4.78, 5) is 0. The maximum Gasteiger partial charge on any atom is 0.531 e. The Labute approximate surface area is 131 Å². The minimum absolute atomic E-state index is 0.410. The Morgan fingerprint density at radius 3 is 1.75 bits per heavy atom. The first kappa shape index (κ1) is 18.1. The van der Waals surface area contributed by atoms with E-state index < -0.39 is 35.2 Å². The maximum atomic E-state index is 6.18. The predicted octanol–water partition coefficient (Wildman–Crippen LogP) is 2.44. The Balaban J connectivity index is 3.07. The Bertz CT molecular complexity index is 384. The normalized spacial score (nSPS) is 25.1. The summed E-state index contributed by atoms with van der Waals surface area (Å²) in [7, 11) is -10.1. The van der Waals surface area contributed by atoms with Crippen molar-refractivity contribution in [3.05, 3.63) is 24.6 Å². The third-order valence-corrected chi connectivity index (χ3v) is 16.9. The second-order valence-corrected chi connectivity index (χ2v) is 18.0. The molecule has 20 heavy (non-hydrogen) atoms. The molecule has 0 aliphatic carbocycles. The average Bonchev–Trinajstić information content (AvgIpc) is 2.23. The van der Waals surface area contributed by atoms with E-state index in [2.05, 4.69) is 13.2 Å². The minimum atomic E-state index is -2.72. The lowest BCUT2D eigenvalue weighted by atomic mass is 10.9. The van der Waals surface area contributed by atoms with Crippen molar-refractivity contribution in [2.75, 3.05) is 0 Å². The van der Waals surface area contributed by atoms with Crippen LogP contribution in [0.25, 0.3) is 0 Å². The van der Waals surface area contributed by atoms with Gasteiger partial charge in [0.15, 0.2) is 0 Å². The minimum Gasteiger partial charge on any atom is -0.498 e. The monoisotopic (exact) mass is 366 g/mol. The third kappa shape index (κ3) is 5.12. The maximum absolute atomic E-state index is 6.18. The Morgan fingerprint density at radius 2 is 1.45 bits per heavy atom.